The first-order chi connectivity index (χ1) is 13.4. The normalized spacial score (nSPS) is 14.5. The number of hydrogen-bond donors (Lipinski definition) is 4. The van der Waals surface area contributed by atoms with Gasteiger partial charge >= 0.3 is 0 Å². The summed E-state index contributed by atoms with van der Waals surface area (Å²) in [7, 11) is 0. The molecule has 1 atom stereocenters. The number of carbonyl (C=O) groups is 2. The highest BCUT2D eigenvalue weighted by molar-refractivity contribution is 6.35. The van der Waals surface area contributed by atoms with Crippen molar-refractivity contribution in [2.75, 3.05) is 18.4 Å². The van der Waals surface area contributed by atoms with Crippen molar-refractivity contribution in [1.82, 2.24) is 10.3 Å². The Morgan fingerprint density at radius 2 is 2.17 bits per heavy atom. The average molecular weight is 418 g/mol. The van der Waals surface area contributed by atoms with Crippen LogP contribution in [0.15, 0.2) is 24.4 Å². The van der Waals surface area contributed by atoms with E-state index in [0.717, 1.165) is 0 Å². The molecule has 152 valence electrons. The van der Waals surface area contributed by atoms with E-state index in [4.69, 9.17) is 0 Å². The van der Waals surface area contributed by atoms with E-state index in [9.17, 15) is 19.1 Å². The molecule has 0 fully saturated rings. The van der Waals surface area contributed by atoms with Crippen molar-refractivity contribution in [1.29, 1.82) is 0 Å². The first kappa shape index (κ1) is 22.4. The Hall–Kier alpha value is -2.92. The van der Waals surface area contributed by atoms with Gasteiger partial charge in [0.2, 0.25) is 0 Å². The zero-order valence-corrected chi connectivity index (χ0v) is 16.7. The van der Waals surface area contributed by atoms with Gasteiger partial charge in [0.25, 0.3) is 5.91 Å². The molecule has 1 unspecified atom stereocenters. The van der Waals surface area contributed by atoms with Crippen LogP contribution < -0.4 is 10.6 Å². The number of aromatic amines is 1. The number of hydrogen-bond acceptors (Lipinski definition) is 4. The maximum atomic E-state index is 14.4. The van der Waals surface area contributed by atoms with Crippen molar-refractivity contribution < 1.29 is 19.1 Å². The smallest absolute Gasteiger partial charge is 0.256 e. The summed E-state index contributed by atoms with van der Waals surface area (Å²) in [5.74, 6) is 4.60. The minimum absolute atomic E-state index is 0. The first-order valence-electron chi connectivity index (χ1n) is 8.79. The third kappa shape index (κ3) is 5.12. The van der Waals surface area contributed by atoms with E-state index >= 15 is 0 Å². The summed E-state index contributed by atoms with van der Waals surface area (Å²) in [6.07, 6.45) is 2.63. The van der Waals surface area contributed by atoms with Crippen LogP contribution in [0.3, 0.4) is 0 Å². The van der Waals surface area contributed by atoms with Crippen LogP contribution in [-0.2, 0) is 4.79 Å². The molecule has 0 radical (unpaired) electrons. The van der Waals surface area contributed by atoms with E-state index < -0.39 is 11.9 Å². The number of amides is 1. The van der Waals surface area contributed by atoms with E-state index in [0.29, 0.717) is 29.1 Å². The highest BCUT2D eigenvalue weighted by Gasteiger charge is 2.28. The molecule has 0 saturated carbocycles. The summed E-state index contributed by atoms with van der Waals surface area (Å²) in [5, 5.41) is 14.9. The van der Waals surface area contributed by atoms with Crippen molar-refractivity contribution in [2.45, 2.75) is 20.0 Å². The predicted octanol–water partition coefficient (Wildman–Crippen LogP) is 2.59. The number of Topliss-reactive ketones (excluding diaryl/α,β-unsaturated/α-hetero) is 1. The molecule has 8 heteroatoms. The van der Waals surface area contributed by atoms with Crippen LogP contribution in [0.5, 0.6) is 0 Å². The molecule has 2 aromatic rings. The van der Waals surface area contributed by atoms with Crippen LogP contribution >= 0.6 is 12.4 Å². The molecular formula is C21H21ClFN3O3. The number of aromatic nitrogens is 1. The summed E-state index contributed by atoms with van der Waals surface area (Å²) < 4.78 is 14.4. The SMILES string of the molecule is CC(=O)c1c[nH]c(C=C2C(=O)Nc3ccc(F)c(C#CCNCC(C)O)c32)c1.Cl. The molecule has 3 rings (SSSR count). The van der Waals surface area contributed by atoms with Crippen LogP contribution in [0.25, 0.3) is 11.6 Å². The van der Waals surface area contributed by atoms with E-state index in [2.05, 4.69) is 27.5 Å². The predicted molar refractivity (Wildman–Crippen MR) is 112 cm³/mol. The third-order valence-corrected chi connectivity index (χ3v) is 4.19. The molecule has 6 nitrogen and oxygen atoms in total. The highest BCUT2D eigenvalue weighted by atomic mass is 35.5. The van der Waals surface area contributed by atoms with Gasteiger partial charge in [0.15, 0.2) is 5.78 Å². The summed E-state index contributed by atoms with van der Waals surface area (Å²) in [6.45, 7) is 3.75. The number of aliphatic hydroxyl groups excluding tert-OH is 1. The van der Waals surface area contributed by atoms with Gasteiger partial charge in [-0.2, -0.15) is 0 Å². The van der Waals surface area contributed by atoms with Crippen molar-refractivity contribution in [3.8, 4) is 11.8 Å². The number of fused-ring (bicyclic) bond motifs is 1. The van der Waals surface area contributed by atoms with Crippen LogP contribution in [0.4, 0.5) is 10.1 Å². The summed E-state index contributed by atoms with van der Waals surface area (Å²) in [6, 6.07) is 4.39. The number of ketones is 1. The topological polar surface area (TPSA) is 94.2 Å². The maximum absolute atomic E-state index is 14.4. The zero-order chi connectivity index (χ0) is 20.3. The number of halogens is 2. The van der Waals surface area contributed by atoms with E-state index in [-0.39, 0.29) is 41.8 Å². The number of nitrogens with one attached hydrogen (secondary N) is 3. The van der Waals surface area contributed by atoms with Gasteiger partial charge in [-0.1, -0.05) is 11.8 Å². The van der Waals surface area contributed by atoms with Gasteiger partial charge in [-0.3, -0.25) is 9.59 Å². The number of rotatable bonds is 5. The molecule has 1 aliphatic rings. The quantitative estimate of drug-likeness (QED) is 0.260. The molecule has 0 bridgehead atoms. The number of aliphatic hydroxyl groups is 1. The van der Waals surface area contributed by atoms with Crippen molar-refractivity contribution in [2.24, 2.45) is 0 Å². The van der Waals surface area contributed by atoms with E-state index in [1.165, 1.54) is 19.1 Å². The van der Waals surface area contributed by atoms with Crippen LogP contribution in [0.1, 0.15) is 41.0 Å². The van der Waals surface area contributed by atoms with Gasteiger partial charge in [-0.25, -0.2) is 4.39 Å². The second-order valence-corrected chi connectivity index (χ2v) is 6.54. The second-order valence-electron chi connectivity index (χ2n) is 6.54. The molecule has 1 aliphatic heterocycles. The molecule has 29 heavy (non-hydrogen) atoms. The fraction of sp³-hybridized carbons (Fsp3) is 0.238. The van der Waals surface area contributed by atoms with Gasteiger partial charge in [-0.05, 0) is 38.1 Å². The second kappa shape index (κ2) is 9.52. The molecule has 1 amide bonds. The van der Waals surface area contributed by atoms with Crippen molar-refractivity contribution in [3.05, 3.63) is 52.6 Å². The Bertz CT molecular complexity index is 1030. The summed E-state index contributed by atoms with van der Waals surface area (Å²) >= 11 is 0. The molecule has 4 N–H and O–H groups in total. The van der Waals surface area contributed by atoms with Gasteiger partial charge in [0.1, 0.15) is 5.82 Å². The van der Waals surface area contributed by atoms with Crippen LogP contribution in [-0.4, -0.2) is 41.0 Å². The van der Waals surface area contributed by atoms with Gasteiger partial charge < -0.3 is 20.7 Å². The number of benzene rings is 1. The lowest BCUT2D eigenvalue weighted by molar-refractivity contribution is -0.110. The molecule has 2 heterocycles. The highest BCUT2D eigenvalue weighted by Crippen LogP contribution is 2.36. The molecule has 0 saturated heterocycles. The Labute approximate surface area is 174 Å². The Morgan fingerprint density at radius 3 is 2.83 bits per heavy atom. The first-order valence-corrected chi connectivity index (χ1v) is 8.79. The largest absolute Gasteiger partial charge is 0.392 e. The number of anilines is 1. The van der Waals surface area contributed by atoms with Gasteiger partial charge in [0.05, 0.1) is 29.5 Å². The molecule has 0 spiro atoms. The monoisotopic (exact) mass is 417 g/mol. The minimum atomic E-state index is -0.528. The summed E-state index contributed by atoms with van der Waals surface area (Å²) in [4.78, 5) is 26.8. The standard InChI is InChI=1S/C21H20FN3O3.ClH/c1-12(26)10-23-7-3-4-16-18(22)5-6-19-20(16)17(21(28)25-19)9-15-8-14(11-24-15)13(2)27;/h5-6,8-9,11-12,23-24,26H,7,10H2,1-2H3,(H,25,28);1H. The zero-order valence-electron chi connectivity index (χ0n) is 15.9. The Morgan fingerprint density at radius 1 is 1.41 bits per heavy atom. The Kier molecular flexibility index (Phi) is 7.35. The fourth-order valence-corrected chi connectivity index (χ4v) is 2.85. The van der Waals surface area contributed by atoms with Crippen LogP contribution in [0, 0.1) is 17.7 Å². The lowest BCUT2D eigenvalue weighted by Crippen LogP contribution is -2.24. The lowest BCUT2D eigenvalue weighted by atomic mass is 9.99. The number of H-pyrrole nitrogens is 1. The third-order valence-electron chi connectivity index (χ3n) is 4.19. The average Bonchev–Trinajstić information content (AvgIpc) is 3.22. The molecule has 0 aliphatic carbocycles. The molecular weight excluding hydrogens is 397 g/mol. The van der Waals surface area contributed by atoms with Crippen molar-refractivity contribution >= 4 is 41.4 Å². The van der Waals surface area contributed by atoms with E-state index in [1.807, 2.05) is 0 Å². The lowest BCUT2D eigenvalue weighted by Gasteiger charge is -2.04. The van der Waals surface area contributed by atoms with Gasteiger partial charge in [0, 0.05) is 29.6 Å². The molecule has 1 aromatic carbocycles. The van der Waals surface area contributed by atoms with Crippen LogP contribution in [0.2, 0.25) is 0 Å². The molecule has 1 aromatic heterocycles. The van der Waals surface area contributed by atoms with Gasteiger partial charge in [-0.15, -0.1) is 12.4 Å². The summed E-state index contributed by atoms with van der Waals surface area (Å²) in [5.41, 5.74) is 2.33. The Balaban J connectivity index is 0.00000300. The van der Waals surface area contributed by atoms with E-state index in [1.54, 1.807) is 25.3 Å². The van der Waals surface area contributed by atoms with Crippen molar-refractivity contribution in [3.63, 3.8) is 0 Å². The fourth-order valence-electron chi connectivity index (χ4n) is 2.85. The number of carbonyl (C=O) groups excluding carboxylic acids is 2. The minimum Gasteiger partial charge on any atom is -0.392 e. The maximum Gasteiger partial charge on any atom is 0.256 e.